The van der Waals surface area contributed by atoms with Gasteiger partial charge in [0.05, 0.1) is 12.0 Å². The van der Waals surface area contributed by atoms with Gasteiger partial charge in [0, 0.05) is 25.4 Å². The van der Waals surface area contributed by atoms with Gasteiger partial charge in [-0.25, -0.2) is 0 Å². The van der Waals surface area contributed by atoms with E-state index in [1.807, 2.05) is 6.92 Å². The standard InChI is InChI=1S/C17H24N2O2/c1-12-15(8-11-21-12)17(20)19-10-7-14-5-2-4-13-6-3-9-18-16(13)14/h2,4-5,12,15,18H,3,6-11H2,1H3,(H,19,20). The lowest BCUT2D eigenvalue weighted by atomic mass is 9.97. The molecule has 0 spiro atoms. The Balaban J connectivity index is 1.55. The maximum absolute atomic E-state index is 12.1. The number of carbonyl (C=O) groups excluding carboxylic acids is 1. The molecule has 2 N–H and O–H groups in total. The van der Waals surface area contributed by atoms with Gasteiger partial charge in [0.1, 0.15) is 0 Å². The molecule has 4 nitrogen and oxygen atoms in total. The van der Waals surface area contributed by atoms with Crippen molar-refractivity contribution in [2.24, 2.45) is 5.92 Å². The van der Waals surface area contributed by atoms with Gasteiger partial charge in [0.25, 0.3) is 0 Å². The van der Waals surface area contributed by atoms with Crippen LogP contribution in [0.15, 0.2) is 18.2 Å². The van der Waals surface area contributed by atoms with Crippen molar-refractivity contribution in [1.82, 2.24) is 5.32 Å². The molecule has 0 saturated carbocycles. The van der Waals surface area contributed by atoms with Crippen molar-refractivity contribution in [3.05, 3.63) is 29.3 Å². The highest BCUT2D eigenvalue weighted by molar-refractivity contribution is 5.79. The van der Waals surface area contributed by atoms with Gasteiger partial charge in [-0.1, -0.05) is 18.2 Å². The van der Waals surface area contributed by atoms with Gasteiger partial charge in [-0.05, 0) is 43.7 Å². The lowest BCUT2D eigenvalue weighted by molar-refractivity contribution is -0.126. The summed E-state index contributed by atoms with van der Waals surface area (Å²) >= 11 is 0. The molecule has 114 valence electrons. The van der Waals surface area contributed by atoms with Crippen molar-refractivity contribution >= 4 is 11.6 Å². The Morgan fingerprint density at radius 3 is 3.19 bits per heavy atom. The highest BCUT2D eigenvalue weighted by Gasteiger charge is 2.30. The molecule has 4 heteroatoms. The van der Waals surface area contributed by atoms with Crippen LogP contribution in [0.5, 0.6) is 0 Å². The van der Waals surface area contributed by atoms with E-state index in [-0.39, 0.29) is 17.9 Å². The van der Waals surface area contributed by atoms with E-state index in [9.17, 15) is 4.79 Å². The zero-order chi connectivity index (χ0) is 14.7. The summed E-state index contributed by atoms with van der Waals surface area (Å²) in [6.07, 6.45) is 4.13. The van der Waals surface area contributed by atoms with Crippen LogP contribution in [0.1, 0.15) is 30.9 Å². The fourth-order valence-corrected chi connectivity index (χ4v) is 3.32. The van der Waals surface area contributed by atoms with Crippen LogP contribution in [0.4, 0.5) is 5.69 Å². The first-order chi connectivity index (χ1) is 10.3. The molecule has 2 heterocycles. The fourth-order valence-electron chi connectivity index (χ4n) is 3.32. The second-order valence-corrected chi connectivity index (χ2v) is 5.99. The molecular weight excluding hydrogens is 264 g/mol. The molecule has 0 aliphatic carbocycles. The molecule has 2 aliphatic heterocycles. The minimum absolute atomic E-state index is 0.0211. The van der Waals surface area contributed by atoms with Gasteiger partial charge in [0.2, 0.25) is 5.91 Å². The number of anilines is 1. The molecule has 21 heavy (non-hydrogen) atoms. The molecule has 1 aromatic rings. The largest absolute Gasteiger partial charge is 0.385 e. The number of hydrogen-bond donors (Lipinski definition) is 2. The third-order valence-corrected chi connectivity index (χ3v) is 4.57. The number of fused-ring (bicyclic) bond motifs is 1. The van der Waals surface area contributed by atoms with Gasteiger partial charge in [-0.2, -0.15) is 0 Å². The van der Waals surface area contributed by atoms with Crippen LogP contribution < -0.4 is 10.6 Å². The molecule has 2 aliphatic rings. The van der Waals surface area contributed by atoms with Crippen LogP contribution in [0.2, 0.25) is 0 Å². The van der Waals surface area contributed by atoms with E-state index in [0.717, 1.165) is 25.8 Å². The third kappa shape index (κ3) is 3.21. The predicted molar refractivity (Wildman–Crippen MR) is 83.5 cm³/mol. The smallest absolute Gasteiger partial charge is 0.225 e. The van der Waals surface area contributed by atoms with Crippen molar-refractivity contribution in [2.75, 3.05) is 25.0 Å². The summed E-state index contributed by atoms with van der Waals surface area (Å²) in [7, 11) is 0. The Kier molecular flexibility index (Phi) is 4.44. The van der Waals surface area contributed by atoms with Gasteiger partial charge >= 0.3 is 0 Å². The molecule has 1 aromatic carbocycles. The summed E-state index contributed by atoms with van der Waals surface area (Å²) < 4.78 is 5.45. The van der Waals surface area contributed by atoms with Gasteiger partial charge in [0.15, 0.2) is 0 Å². The minimum atomic E-state index is 0.0211. The number of amides is 1. The van der Waals surface area contributed by atoms with E-state index in [4.69, 9.17) is 4.74 Å². The lowest BCUT2D eigenvalue weighted by Gasteiger charge is -2.21. The van der Waals surface area contributed by atoms with E-state index in [0.29, 0.717) is 13.2 Å². The average molecular weight is 288 g/mol. The van der Waals surface area contributed by atoms with Crippen LogP contribution in [0.3, 0.4) is 0 Å². The van der Waals surface area contributed by atoms with E-state index in [2.05, 4.69) is 28.8 Å². The number of aryl methyl sites for hydroxylation is 1. The Morgan fingerprint density at radius 1 is 1.48 bits per heavy atom. The highest BCUT2D eigenvalue weighted by Crippen LogP contribution is 2.26. The summed E-state index contributed by atoms with van der Waals surface area (Å²) in [5.74, 6) is 0.158. The number of benzene rings is 1. The molecule has 0 bridgehead atoms. The number of nitrogens with one attached hydrogen (secondary N) is 2. The molecular formula is C17H24N2O2. The van der Waals surface area contributed by atoms with E-state index in [1.165, 1.54) is 23.2 Å². The Morgan fingerprint density at radius 2 is 2.38 bits per heavy atom. The Labute approximate surface area is 126 Å². The zero-order valence-electron chi connectivity index (χ0n) is 12.7. The monoisotopic (exact) mass is 288 g/mol. The predicted octanol–water partition coefficient (Wildman–Crippen LogP) is 2.13. The first kappa shape index (κ1) is 14.4. The minimum Gasteiger partial charge on any atom is -0.385 e. The van der Waals surface area contributed by atoms with Crippen LogP contribution in [-0.2, 0) is 22.4 Å². The molecule has 2 atom stereocenters. The average Bonchev–Trinajstić information content (AvgIpc) is 2.93. The first-order valence-electron chi connectivity index (χ1n) is 7.99. The molecule has 1 saturated heterocycles. The SMILES string of the molecule is CC1OCCC1C(=O)NCCc1cccc2c1NCCC2. The van der Waals surface area contributed by atoms with E-state index >= 15 is 0 Å². The maximum Gasteiger partial charge on any atom is 0.225 e. The lowest BCUT2D eigenvalue weighted by Crippen LogP contribution is -2.35. The van der Waals surface area contributed by atoms with Crippen molar-refractivity contribution in [2.45, 2.75) is 38.7 Å². The highest BCUT2D eigenvalue weighted by atomic mass is 16.5. The van der Waals surface area contributed by atoms with E-state index < -0.39 is 0 Å². The number of para-hydroxylation sites is 1. The topological polar surface area (TPSA) is 50.4 Å². The molecule has 3 rings (SSSR count). The number of ether oxygens (including phenoxy) is 1. The van der Waals surface area contributed by atoms with Crippen molar-refractivity contribution in [3.8, 4) is 0 Å². The molecule has 2 unspecified atom stereocenters. The summed E-state index contributed by atoms with van der Waals surface area (Å²) in [5, 5.41) is 6.56. The third-order valence-electron chi connectivity index (χ3n) is 4.57. The van der Waals surface area contributed by atoms with Crippen LogP contribution in [0.25, 0.3) is 0 Å². The summed E-state index contributed by atoms with van der Waals surface area (Å²) in [5.41, 5.74) is 4.00. The van der Waals surface area contributed by atoms with Crippen LogP contribution in [-0.4, -0.2) is 31.7 Å². The molecule has 0 aromatic heterocycles. The second kappa shape index (κ2) is 6.48. The van der Waals surface area contributed by atoms with Gasteiger partial charge in [-0.15, -0.1) is 0 Å². The number of carbonyl (C=O) groups is 1. The zero-order valence-corrected chi connectivity index (χ0v) is 12.7. The summed E-state index contributed by atoms with van der Waals surface area (Å²) in [6, 6.07) is 6.47. The maximum atomic E-state index is 12.1. The van der Waals surface area contributed by atoms with Crippen molar-refractivity contribution in [3.63, 3.8) is 0 Å². The normalized spacial score (nSPS) is 24.2. The Hall–Kier alpha value is -1.55. The quantitative estimate of drug-likeness (QED) is 0.892. The molecule has 1 fully saturated rings. The van der Waals surface area contributed by atoms with Gasteiger partial charge in [-0.3, -0.25) is 4.79 Å². The molecule has 0 radical (unpaired) electrons. The van der Waals surface area contributed by atoms with Crippen LogP contribution in [0, 0.1) is 5.92 Å². The van der Waals surface area contributed by atoms with Crippen molar-refractivity contribution < 1.29 is 9.53 Å². The fraction of sp³-hybridized carbons (Fsp3) is 0.588. The first-order valence-corrected chi connectivity index (χ1v) is 7.99. The number of rotatable bonds is 4. The summed E-state index contributed by atoms with van der Waals surface area (Å²) in [4.78, 5) is 12.1. The van der Waals surface area contributed by atoms with Crippen LogP contribution >= 0.6 is 0 Å². The Bertz CT molecular complexity index is 516. The summed E-state index contributed by atoms with van der Waals surface area (Å²) in [6.45, 7) is 4.43. The van der Waals surface area contributed by atoms with E-state index in [1.54, 1.807) is 0 Å². The van der Waals surface area contributed by atoms with Crippen molar-refractivity contribution in [1.29, 1.82) is 0 Å². The number of hydrogen-bond acceptors (Lipinski definition) is 3. The van der Waals surface area contributed by atoms with Gasteiger partial charge < -0.3 is 15.4 Å². The molecule has 1 amide bonds. The second-order valence-electron chi connectivity index (χ2n) is 5.99.